The fraction of sp³-hybridized carbons (Fsp3) is 0.188. The van der Waals surface area contributed by atoms with Crippen molar-refractivity contribution < 1.29 is 14.7 Å². The number of hydrogen-bond donors (Lipinski definition) is 2. The van der Waals surface area contributed by atoms with Gasteiger partial charge < -0.3 is 4.74 Å². The number of benzene rings is 2. The van der Waals surface area contributed by atoms with Gasteiger partial charge in [-0.2, -0.15) is 5.06 Å². The summed E-state index contributed by atoms with van der Waals surface area (Å²) < 4.78 is 5.85. The molecule has 6 heteroatoms. The first-order chi connectivity index (χ1) is 10.6. The lowest BCUT2D eigenvalue weighted by molar-refractivity contribution is -0.0832. The van der Waals surface area contributed by atoms with E-state index in [2.05, 4.69) is 5.43 Å². The summed E-state index contributed by atoms with van der Waals surface area (Å²) in [5.41, 5.74) is 4.16. The minimum absolute atomic E-state index is 0.556. The Hall–Kier alpha value is -2.57. The predicted molar refractivity (Wildman–Crippen MR) is 80.6 cm³/mol. The first kappa shape index (κ1) is 14.4. The number of carbonyl (C=O) groups is 1. The molecule has 6 nitrogen and oxygen atoms in total. The molecule has 0 saturated carbocycles. The maximum Gasteiger partial charge on any atom is 0.358 e. The summed E-state index contributed by atoms with van der Waals surface area (Å²) in [5, 5.41) is 12.4. The summed E-state index contributed by atoms with van der Waals surface area (Å²) in [4.78, 5) is 12.3. The van der Waals surface area contributed by atoms with Crippen molar-refractivity contribution >= 4 is 6.03 Å². The van der Waals surface area contributed by atoms with Crippen LogP contribution in [0.2, 0.25) is 0 Å². The van der Waals surface area contributed by atoms with Crippen LogP contribution in [0.1, 0.15) is 17.2 Å². The van der Waals surface area contributed by atoms with Gasteiger partial charge in [0.15, 0.2) is 0 Å². The molecule has 2 aromatic carbocycles. The molecule has 2 aromatic rings. The number of hydrogen-bond acceptors (Lipinski definition) is 4. The number of nitrogens with one attached hydrogen (secondary N) is 1. The predicted octanol–water partition coefficient (Wildman–Crippen LogP) is 2.76. The minimum Gasteiger partial charge on any atom is -0.457 e. The second-order valence-corrected chi connectivity index (χ2v) is 4.99. The van der Waals surface area contributed by atoms with E-state index in [1.807, 2.05) is 48.5 Å². The van der Waals surface area contributed by atoms with Crippen molar-refractivity contribution in [3.63, 3.8) is 0 Å². The van der Waals surface area contributed by atoms with Crippen LogP contribution in [0.3, 0.4) is 0 Å². The molecule has 0 bridgehead atoms. The Bertz CT molecular complexity index is 659. The van der Waals surface area contributed by atoms with Gasteiger partial charge in [0.2, 0.25) is 0 Å². The van der Waals surface area contributed by atoms with Crippen LogP contribution in [0, 0.1) is 0 Å². The third kappa shape index (κ3) is 2.28. The van der Waals surface area contributed by atoms with E-state index in [0.717, 1.165) is 16.2 Å². The molecule has 0 aliphatic carbocycles. The van der Waals surface area contributed by atoms with Crippen LogP contribution >= 0.6 is 0 Å². The van der Waals surface area contributed by atoms with E-state index < -0.39 is 12.1 Å². The summed E-state index contributed by atoms with van der Waals surface area (Å²) >= 11 is 0. The number of hydrazine groups is 1. The number of amides is 2. The highest BCUT2D eigenvalue weighted by atomic mass is 16.5. The summed E-state index contributed by atoms with van der Waals surface area (Å²) in [6.45, 7) is 0. The molecule has 0 unspecified atom stereocenters. The molecule has 0 fully saturated rings. The largest absolute Gasteiger partial charge is 0.457 e. The average Bonchev–Trinajstić information content (AvgIpc) is 2.57. The quantitative estimate of drug-likeness (QED) is 0.661. The Labute approximate surface area is 128 Å². The van der Waals surface area contributed by atoms with Gasteiger partial charge in [-0.25, -0.2) is 10.2 Å². The standard InChI is InChI=1S/C16H17N3O3/c1-17-18(2)16(20)19(21)15-11-7-3-5-9-13(11)22-14-10-6-4-8-12(14)15/h3-10,15,17,21H,1-2H3. The monoisotopic (exact) mass is 299 g/mol. The van der Waals surface area contributed by atoms with E-state index in [4.69, 9.17) is 4.74 Å². The zero-order valence-electron chi connectivity index (χ0n) is 12.4. The fourth-order valence-corrected chi connectivity index (χ4v) is 2.51. The third-order valence-corrected chi connectivity index (χ3v) is 3.71. The first-order valence-corrected chi connectivity index (χ1v) is 6.92. The molecule has 0 radical (unpaired) electrons. The molecule has 2 amide bonds. The smallest absolute Gasteiger partial charge is 0.358 e. The van der Waals surface area contributed by atoms with E-state index in [0.29, 0.717) is 11.5 Å². The van der Waals surface area contributed by atoms with E-state index in [-0.39, 0.29) is 0 Å². The molecular formula is C16H17N3O3. The van der Waals surface area contributed by atoms with Gasteiger partial charge in [0.05, 0.1) is 0 Å². The lowest BCUT2D eigenvalue weighted by Crippen LogP contribution is -2.46. The normalized spacial score (nSPS) is 12.9. The van der Waals surface area contributed by atoms with Crippen LogP contribution in [-0.4, -0.2) is 35.4 Å². The maximum absolute atomic E-state index is 12.3. The second-order valence-electron chi connectivity index (χ2n) is 4.99. The Morgan fingerprint density at radius 1 is 1.09 bits per heavy atom. The molecule has 0 atom stereocenters. The highest BCUT2D eigenvalue weighted by molar-refractivity contribution is 5.74. The molecule has 114 valence electrons. The molecule has 2 N–H and O–H groups in total. The van der Waals surface area contributed by atoms with Crippen LogP contribution in [0.15, 0.2) is 48.5 Å². The molecule has 3 rings (SSSR count). The zero-order valence-corrected chi connectivity index (χ0v) is 12.4. The lowest BCUT2D eigenvalue weighted by atomic mass is 9.94. The Kier molecular flexibility index (Phi) is 3.70. The van der Waals surface area contributed by atoms with Crippen molar-refractivity contribution in [1.29, 1.82) is 0 Å². The number of urea groups is 1. The number of nitrogens with zero attached hydrogens (tertiary/aromatic N) is 2. The number of ether oxygens (including phenoxy) is 1. The third-order valence-electron chi connectivity index (χ3n) is 3.71. The second kappa shape index (κ2) is 5.67. The Morgan fingerprint density at radius 2 is 1.59 bits per heavy atom. The van der Waals surface area contributed by atoms with E-state index in [1.165, 1.54) is 5.01 Å². The lowest BCUT2D eigenvalue weighted by Gasteiger charge is -2.34. The van der Waals surface area contributed by atoms with E-state index >= 15 is 0 Å². The van der Waals surface area contributed by atoms with E-state index in [1.54, 1.807) is 14.1 Å². The number of hydroxylamine groups is 2. The van der Waals surface area contributed by atoms with Gasteiger partial charge in [-0.05, 0) is 12.1 Å². The van der Waals surface area contributed by atoms with Crippen molar-refractivity contribution in [3.05, 3.63) is 59.7 Å². The summed E-state index contributed by atoms with van der Waals surface area (Å²) in [6.07, 6.45) is 0. The first-order valence-electron chi connectivity index (χ1n) is 6.92. The van der Waals surface area contributed by atoms with Crippen molar-refractivity contribution in [2.75, 3.05) is 14.1 Å². The maximum atomic E-state index is 12.3. The molecule has 1 aliphatic rings. The fourth-order valence-electron chi connectivity index (χ4n) is 2.51. The number of carbonyl (C=O) groups excluding carboxylic acids is 1. The van der Waals surface area contributed by atoms with Crippen molar-refractivity contribution in [2.24, 2.45) is 0 Å². The van der Waals surface area contributed by atoms with Gasteiger partial charge in [0.25, 0.3) is 0 Å². The molecule has 0 spiro atoms. The van der Waals surface area contributed by atoms with Gasteiger partial charge in [-0.3, -0.25) is 10.2 Å². The number of rotatable bonds is 2. The molecule has 0 saturated heterocycles. The van der Waals surface area contributed by atoms with Gasteiger partial charge in [0, 0.05) is 25.2 Å². The summed E-state index contributed by atoms with van der Waals surface area (Å²) in [6, 6.07) is 13.5. The topological polar surface area (TPSA) is 65.0 Å². The van der Waals surface area contributed by atoms with Crippen LogP contribution in [0.4, 0.5) is 4.79 Å². The molecule has 1 heterocycles. The highest BCUT2D eigenvalue weighted by Crippen LogP contribution is 2.44. The summed E-state index contributed by atoms with van der Waals surface area (Å²) in [7, 11) is 3.15. The van der Waals surface area contributed by atoms with Crippen molar-refractivity contribution in [1.82, 2.24) is 15.5 Å². The van der Waals surface area contributed by atoms with Gasteiger partial charge in [-0.15, -0.1) is 0 Å². The minimum atomic E-state index is -0.621. The molecule has 0 aromatic heterocycles. The van der Waals surface area contributed by atoms with Crippen LogP contribution in [-0.2, 0) is 0 Å². The van der Waals surface area contributed by atoms with Crippen molar-refractivity contribution in [3.8, 4) is 11.5 Å². The van der Waals surface area contributed by atoms with E-state index in [9.17, 15) is 10.0 Å². The Balaban J connectivity index is 2.08. The van der Waals surface area contributed by atoms with Crippen molar-refractivity contribution in [2.45, 2.75) is 6.04 Å². The highest BCUT2D eigenvalue weighted by Gasteiger charge is 2.34. The number of para-hydroxylation sites is 2. The van der Waals surface area contributed by atoms with Crippen LogP contribution in [0.5, 0.6) is 11.5 Å². The van der Waals surface area contributed by atoms with Crippen LogP contribution < -0.4 is 10.2 Å². The molecule has 22 heavy (non-hydrogen) atoms. The van der Waals surface area contributed by atoms with Gasteiger partial charge in [-0.1, -0.05) is 36.4 Å². The Morgan fingerprint density at radius 3 is 2.09 bits per heavy atom. The zero-order chi connectivity index (χ0) is 15.7. The van der Waals surface area contributed by atoms with Crippen LogP contribution in [0.25, 0.3) is 0 Å². The summed E-state index contributed by atoms with van der Waals surface area (Å²) in [5.74, 6) is 1.26. The average molecular weight is 299 g/mol. The van der Waals surface area contributed by atoms with Gasteiger partial charge >= 0.3 is 6.03 Å². The number of fused-ring (bicyclic) bond motifs is 2. The van der Waals surface area contributed by atoms with Gasteiger partial charge in [0.1, 0.15) is 17.5 Å². The molecule has 1 aliphatic heterocycles. The molecular weight excluding hydrogens is 282 g/mol. The SMILES string of the molecule is CNN(C)C(=O)N(O)C1c2ccccc2Oc2ccccc21.